The molecule has 1 fully saturated rings. The molecule has 8 heteroatoms. The molecule has 3 aliphatic rings. The molecule has 154 valence electrons. The number of non-ortho nitro benzene ring substituents is 1. The Kier molecular flexibility index (Phi) is 4.11. The largest absolute Gasteiger partial charge is 0.348 e. The Balaban J connectivity index is 1.68. The third-order valence-corrected chi connectivity index (χ3v) is 6.12. The van der Waals surface area contributed by atoms with Crippen LogP contribution in [-0.2, 0) is 14.4 Å². The molecule has 0 unspecified atom stereocenters. The molecule has 2 aliphatic heterocycles. The molecule has 31 heavy (non-hydrogen) atoms. The van der Waals surface area contributed by atoms with Crippen molar-refractivity contribution >= 4 is 28.9 Å². The van der Waals surface area contributed by atoms with E-state index in [2.05, 4.69) is 5.32 Å². The molecule has 1 N–H and O–H groups in total. The molecule has 2 heterocycles. The van der Waals surface area contributed by atoms with Crippen LogP contribution in [0.2, 0.25) is 0 Å². The predicted octanol–water partition coefficient (Wildman–Crippen LogP) is 2.33. The van der Waals surface area contributed by atoms with Crippen molar-refractivity contribution in [2.45, 2.75) is 24.0 Å². The zero-order valence-electron chi connectivity index (χ0n) is 16.2. The normalized spacial score (nSPS) is 26.8. The summed E-state index contributed by atoms with van der Waals surface area (Å²) < 4.78 is 0. The van der Waals surface area contributed by atoms with Gasteiger partial charge in [0.2, 0.25) is 11.8 Å². The smallest absolute Gasteiger partial charge is 0.269 e. The predicted molar refractivity (Wildman–Crippen MR) is 111 cm³/mol. The molecular formula is C23H17N3O5. The highest BCUT2D eigenvalue weighted by Crippen LogP contribution is 2.50. The Labute approximate surface area is 177 Å². The first kappa shape index (κ1) is 18.9. The van der Waals surface area contributed by atoms with Gasteiger partial charge in [-0.1, -0.05) is 30.3 Å². The number of nitro groups is 1. The summed E-state index contributed by atoms with van der Waals surface area (Å²) in [7, 11) is 0. The molecule has 0 radical (unpaired) electrons. The Hall–Kier alpha value is -4.07. The molecule has 2 amide bonds. The highest BCUT2D eigenvalue weighted by Gasteiger charge is 2.60. The lowest BCUT2D eigenvalue weighted by molar-refractivity contribution is -0.384. The second-order valence-corrected chi connectivity index (χ2v) is 7.77. The van der Waals surface area contributed by atoms with E-state index in [0.717, 1.165) is 5.56 Å². The maximum absolute atomic E-state index is 13.3. The Morgan fingerprint density at radius 1 is 1.03 bits per heavy atom. The summed E-state index contributed by atoms with van der Waals surface area (Å²) in [5, 5.41) is 14.0. The van der Waals surface area contributed by atoms with Gasteiger partial charge in [-0.25, -0.2) is 0 Å². The van der Waals surface area contributed by atoms with Crippen LogP contribution in [-0.4, -0.2) is 39.0 Å². The molecular weight excluding hydrogens is 398 g/mol. The summed E-state index contributed by atoms with van der Waals surface area (Å²) in [5.74, 6) is -0.897. The van der Waals surface area contributed by atoms with Crippen LogP contribution in [0.4, 0.5) is 5.69 Å². The van der Waals surface area contributed by atoms with Crippen LogP contribution in [0.25, 0.3) is 5.57 Å². The molecule has 0 bridgehead atoms. The zero-order chi connectivity index (χ0) is 21.8. The van der Waals surface area contributed by atoms with Gasteiger partial charge >= 0.3 is 0 Å². The molecule has 3 atom stereocenters. The molecule has 8 nitrogen and oxygen atoms in total. The fourth-order valence-electron chi connectivity index (χ4n) is 4.79. The van der Waals surface area contributed by atoms with E-state index in [1.165, 1.54) is 41.3 Å². The number of nitro benzene ring substituents is 1. The number of piperazine rings is 1. The van der Waals surface area contributed by atoms with Crippen molar-refractivity contribution < 1.29 is 19.3 Å². The van der Waals surface area contributed by atoms with Crippen LogP contribution in [0.3, 0.4) is 0 Å². The third kappa shape index (κ3) is 2.72. The van der Waals surface area contributed by atoms with E-state index in [-0.39, 0.29) is 23.8 Å². The van der Waals surface area contributed by atoms with Crippen molar-refractivity contribution in [3.05, 3.63) is 94.1 Å². The molecule has 2 aromatic rings. The molecule has 0 saturated carbocycles. The van der Waals surface area contributed by atoms with Gasteiger partial charge in [0.25, 0.3) is 5.69 Å². The molecule has 1 aliphatic carbocycles. The van der Waals surface area contributed by atoms with Gasteiger partial charge in [-0.3, -0.25) is 24.5 Å². The second kappa shape index (κ2) is 6.73. The Bertz CT molecular complexity index is 1190. The summed E-state index contributed by atoms with van der Waals surface area (Å²) in [6.07, 6.45) is 4.75. The van der Waals surface area contributed by atoms with Crippen LogP contribution >= 0.6 is 0 Å². The van der Waals surface area contributed by atoms with Crippen molar-refractivity contribution in [1.82, 2.24) is 10.2 Å². The lowest BCUT2D eigenvalue weighted by atomic mass is 9.72. The molecule has 2 aromatic carbocycles. The summed E-state index contributed by atoms with van der Waals surface area (Å²) in [6.45, 7) is 0. The summed E-state index contributed by atoms with van der Waals surface area (Å²) in [5.41, 5.74) is 0.862. The van der Waals surface area contributed by atoms with E-state index in [1.807, 2.05) is 30.3 Å². The minimum absolute atomic E-state index is 0.0726. The average Bonchev–Trinajstić information content (AvgIpc) is 3.06. The second-order valence-electron chi connectivity index (χ2n) is 7.77. The molecule has 1 spiro atoms. The summed E-state index contributed by atoms with van der Waals surface area (Å²) >= 11 is 0. The van der Waals surface area contributed by atoms with Gasteiger partial charge < -0.3 is 10.2 Å². The summed E-state index contributed by atoms with van der Waals surface area (Å²) in [6, 6.07) is 13.4. The van der Waals surface area contributed by atoms with E-state index in [1.54, 1.807) is 6.08 Å². The minimum atomic E-state index is -1.02. The first-order chi connectivity index (χ1) is 14.9. The topological polar surface area (TPSA) is 110 Å². The highest BCUT2D eigenvalue weighted by molar-refractivity contribution is 6.10. The number of ketones is 1. The fourth-order valence-corrected chi connectivity index (χ4v) is 4.79. The monoisotopic (exact) mass is 415 g/mol. The molecule has 5 rings (SSSR count). The maximum Gasteiger partial charge on any atom is 0.269 e. The number of nitrogens with zero attached hydrogens (tertiary/aromatic N) is 2. The number of carbonyl (C=O) groups is 3. The number of hydrogen-bond acceptors (Lipinski definition) is 5. The fraction of sp³-hybridized carbons (Fsp3) is 0.174. The number of amides is 2. The van der Waals surface area contributed by atoms with Gasteiger partial charge in [-0.2, -0.15) is 0 Å². The standard InChI is InChI=1S/C23H17N3O5/c27-17-10-11-23-18(14-4-2-1-3-5-14)13-20(28)25(23)21(22(29)24-19(23)12-17)15-6-8-16(9-7-15)26(30)31/h1-11,13,19,21H,12H2,(H,24,29)/t19-,21-,23-/m1/s1. The van der Waals surface area contributed by atoms with Crippen molar-refractivity contribution in [1.29, 1.82) is 0 Å². The number of benzene rings is 2. The van der Waals surface area contributed by atoms with Crippen molar-refractivity contribution in [2.75, 3.05) is 0 Å². The van der Waals surface area contributed by atoms with Crippen LogP contribution in [0.1, 0.15) is 23.6 Å². The summed E-state index contributed by atoms with van der Waals surface area (Å²) in [4.78, 5) is 50.5. The van der Waals surface area contributed by atoms with Crippen molar-refractivity contribution in [3.8, 4) is 0 Å². The molecule has 1 saturated heterocycles. The van der Waals surface area contributed by atoms with Gasteiger partial charge in [0.1, 0.15) is 11.6 Å². The molecule has 0 aromatic heterocycles. The third-order valence-electron chi connectivity index (χ3n) is 6.12. The SMILES string of the molecule is O=C1C=C[C@]23C(c4ccccc4)=CC(=O)N2[C@H](c2ccc([N+](=O)[O-])cc2)C(=O)N[C@@H]3C1. The first-order valence-electron chi connectivity index (χ1n) is 9.79. The number of allylic oxidation sites excluding steroid dienone is 1. The first-order valence-corrected chi connectivity index (χ1v) is 9.79. The number of carbonyl (C=O) groups excluding carboxylic acids is 3. The lowest BCUT2D eigenvalue weighted by Crippen LogP contribution is -2.69. The van der Waals surface area contributed by atoms with Crippen LogP contribution in [0.15, 0.2) is 72.8 Å². The number of nitrogens with one attached hydrogen (secondary N) is 1. The quantitative estimate of drug-likeness (QED) is 0.611. The number of rotatable bonds is 3. The van der Waals surface area contributed by atoms with Gasteiger partial charge in [0, 0.05) is 24.6 Å². The van der Waals surface area contributed by atoms with E-state index in [0.29, 0.717) is 11.1 Å². The van der Waals surface area contributed by atoms with E-state index in [9.17, 15) is 24.5 Å². The Morgan fingerprint density at radius 3 is 2.42 bits per heavy atom. The van der Waals surface area contributed by atoms with E-state index >= 15 is 0 Å². The maximum atomic E-state index is 13.3. The van der Waals surface area contributed by atoms with E-state index in [4.69, 9.17) is 0 Å². The lowest BCUT2D eigenvalue weighted by Gasteiger charge is -2.52. The van der Waals surface area contributed by atoms with Crippen molar-refractivity contribution in [3.63, 3.8) is 0 Å². The Morgan fingerprint density at radius 2 is 1.74 bits per heavy atom. The number of hydrogen-bond donors (Lipinski definition) is 1. The van der Waals surface area contributed by atoms with Crippen molar-refractivity contribution in [2.24, 2.45) is 0 Å². The minimum Gasteiger partial charge on any atom is -0.348 e. The average molecular weight is 415 g/mol. The van der Waals surface area contributed by atoms with Gasteiger partial charge in [-0.05, 0) is 41.0 Å². The van der Waals surface area contributed by atoms with Crippen LogP contribution in [0, 0.1) is 10.1 Å². The van der Waals surface area contributed by atoms with Gasteiger partial charge in [0.05, 0.1) is 11.0 Å². The van der Waals surface area contributed by atoms with Crippen LogP contribution in [0.5, 0.6) is 0 Å². The zero-order valence-corrected chi connectivity index (χ0v) is 16.2. The highest BCUT2D eigenvalue weighted by atomic mass is 16.6. The van der Waals surface area contributed by atoms with Crippen LogP contribution < -0.4 is 5.32 Å². The van der Waals surface area contributed by atoms with Gasteiger partial charge in [-0.15, -0.1) is 0 Å². The van der Waals surface area contributed by atoms with E-state index < -0.39 is 28.5 Å². The van der Waals surface area contributed by atoms with Gasteiger partial charge in [0.15, 0.2) is 5.78 Å².